The number of hydrogen-bond acceptors (Lipinski definition) is 1. The minimum Gasteiger partial charge on any atom is -0.469 e. The molecule has 1 saturated carbocycles. The molecule has 1 aliphatic carbocycles. The number of rotatable bonds is 1. The molecule has 2 rings (SSSR count). The first-order valence-electron chi connectivity index (χ1n) is 4.41. The molecule has 1 aromatic heterocycles. The first kappa shape index (κ1) is 6.96. The lowest BCUT2D eigenvalue weighted by Gasteiger charge is -2.10. The Hall–Kier alpha value is -0.720. The van der Waals surface area contributed by atoms with E-state index in [1.54, 1.807) is 6.26 Å². The number of furan rings is 1. The second kappa shape index (κ2) is 2.72. The Bertz CT molecular complexity index is 213. The summed E-state index contributed by atoms with van der Waals surface area (Å²) < 4.78 is 5.39. The van der Waals surface area contributed by atoms with Crippen LogP contribution in [0.4, 0.5) is 0 Å². The van der Waals surface area contributed by atoms with Crippen molar-refractivity contribution in [3.8, 4) is 0 Å². The molecule has 1 heteroatoms. The second-order valence-electron chi connectivity index (χ2n) is 3.53. The monoisotopic (exact) mass is 150 g/mol. The zero-order chi connectivity index (χ0) is 7.68. The number of hydrogen-bond donors (Lipinski definition) is 0. The highest BCUT2D eigenvalue weighted by atomic mass is 16.3. The van der Waals surface area contributed by atoms with E-state index in [2.05, 4.69) is 13.0 Å². The maximum atomic E-state index is 5.39. The Morgan fingerprint density at radius 2 is 2.36 bits per heavy atom. The summed E-state index contributed by atoms with van der Waals surface area (Å²) in [5, 5.41) is 0. The molecule has 2 unspecified atom stereocenters. The van der Waals surface area contributed by atoms with Crippen molar-refractivity contribution in [1.82, 2.24) is 0 Å². The van der Waals surface area contributed by atoms with Crippen LogP contribution in [-0.2, 0) is 0 Å². The lowest BCUT2D eigenvalue weighted by molar-refractivity contribution is 0.414. The molecular weight excluding hydrogens is 136 g/mol. The molecule has 1 fully saturated rings. The van der Waals surface area contributed by atoms with Gasteiger partial charge >= 0.3 is 0 Å². The molecule has 0 N–H and O–H groups in total. The molecule has 1 aliphatic rings. The molecule has 0 aliphatic heterocycles. The Balaban J connectivity index is 2.16. The zero-order valence-corrected chi connectivity index (χ0v) is 6.92. The quantitative estimate of drug-likeness (QED) is 0.599. The summed E-state index contributed by atoms with van der Waals surface area (Å²) in [5.41, 5.74) is 0. The molecule has 60 valence electrons. The van der Waals surface area contributed by atoms with Crippen LogP contribution < -0.4 is 0 Å². The first-order valence-corrected chi connectivity index (χ1v) is 4.41. The van der Waals surface area contributed by atoms with E-state index in [-0.39, 0.29) is 0 Å². The Morgan fingerprint density at radius 1 is 1.45 bits per heavy atom. The topological polar surface area (TPSA) is 13.1 Å². The summed E-state index contributed by atoms with van der Waals surface area (Å²) in [6, 6.07) is 4.09. The largest absolute Gasteiger partial charge is 0.469 e. The summed E-state index contributed by atoms with van der Waals surface area (Å²) >= 11 is 0. The maximum Gasteiger partial charge on any atom is 0.107 e. The van der Waals surface area contributed by atoms with Gasteiger partial charge in [0.1, 0.15) is 5.76 Å². The van der Waals surface area contributed by atoms with Crippen LogP contribution in [-0.4, -0.2) is 0 Å². The zero-order valence-electron chi connectivity index (χ0n) is 6.92. The lowest BCUT2D eigenvalue weighted by atomic mass is 9.96. The minimum atomic E-state index is 0.699. The highest BCUT2D eigenvalue weighted by Gasteiger charge is 2.26. The van der Waals surface area contributed by atoms with E-state index in [1.165, 1.54) is 25.0 Å². The summed E-state index contributed by atoms with van der Waals surface area (Å²) in [5.74, 6) is 2.71. The normalized spacial score (nSPS) is 31.0. The Labute approximate surface area is 67.4 Å². The van der Waals surface area contributed by atoms with Crippen molar-refractivity contribution in [2.24, 2.45) is 5.92 Å². The van der Waals surface area contributed by atoms with Crippen molar-refractivity contribution in [3.05, 3.63) is 24.2 Å². The van der Waals surface area contributed by atoms with Crippen molar-refractivity contribution < 1.29 is 4.42 Å². The highest BCUT2D eigenvalue weighted by Crippen LogP contribution is 2.39. The smallest absolute Gasteiger partial charge is 0.107 e. The predicted molar refractivity (Wildman–Crippen MR) is 44.5 cm³/mol. The summed E-state index contributed by atoms with van der Waals surface area (Å²) in [4.78, 5) is 0. The van der Waals surface area contributed by atoms with E-state index < -0.39 is 0 Å². The van der Waals surface area contributed by atoms with Crippen LogP contribution in [0.25, 0.3) is 0 Å². The second-order valence-corrected chi connectivity index (χ2v) is 3.53. The molecule has 1 heterocycles. The Kier molecular flexibility index (Phi) is 1.72. The summed E-state index contributed by atoms with van der Waals surface area (Å²) in [6.07, 6.45) is 5.83. The van der Waals surface area contributed by atoms with Gasteiger partial charge in [0.25, 0.3) is 0 Å². The van der Waals surface area contributed by atoms with Gasteiger partial charge in [0.05, 0.1) is 6.26 Å². The molecule has 11 heavy (non-hydrogen) atoms. The highest BCUT2D eigenvalue weighted by molar-refractivity contribution is 5.08. The van der Waals surface area contributed by atoms with Gasteiger partial charge in [0.15, 0.2) is 0 Å². The van der Waals surface area contributed by atoms with Crippen LogP contribution in [0.2, 0.25) is 0 Å². The van der Waals surface area contributed by atoms with Crippen LogP contribution in [0.5, 0.6) is 0 Å². The molecule has 2 atom stereocenters. The SMILES string of the molecule is CC1CCCC1c1ccco1. The molecule has 0 aromatic carbocycles. The molecule has 0 bridgehead atoms. The van der Waals surface area contributed by atoms with Crippen molar-refractivity contribution in [3.63, 3.8) is 0 Å². The van der Waals surface area contributed by atoms with Gasteiger partial charge < -0.3 is 4.42 Å². The minimum absolute atomic E-state index is 0.699. The van der Waals surface area contributed by atoms with Crippen LogP contribution >= 0.6 is 0 Å². The van der Waals surface area contributed by atoms with Gasteiger partial charge in [-0.05, 0) is 30.9 Å². The third kappa shape index (κ3) is 1.20. The first-order chi connectivity index (χ1) is 5.38. The average molecular weight is 150 g/mol. The van der Waals surface area contributed by atoms with Gasteiger partial charge in [-0.15, -0.1) is 0 Å². The molecule has 0 saturated heterocycles. The third-order valence-corrected chi connectivity index (χ3v) is 2.77. The summed E-state index contributed by atoms with van der Waals surface area (Å²) in [6.45, 7) is 2.32. The van der Waals surface area contributed by atoms with Crippen LogP contribution in [0.15, 0.2) is 22.8 Å². The van der Waals surface area contributed by atoms with Gasteiger partial charge in [0, 0.05) is 5.92 Å². The molecule has 1 aromatic rings. The third-order valence-electron chi connectivity index (χ3n) is 2.77. The molecule has 1 nitrogen and oxygen atoms in total. The van der Waals surface area contributed by atoms with E-state index >= 15 is 0 Å². The fourth-order valence-electron chi connectivity index (χ4n) is 2.07. The lowest BCUT2D eigenvalue weighted by Crippen LogP contribution is -1.99. The average Bonchev–Trinajstić information content (AvgIpc) is 2.55. The molecular formula is C10H14O. The van der Waals surface area contributed by atoms with Crippen molar-refractivity contribution >= 4 is 0 Å². The fraction of sp³-hybridized carbons (Fsp3) is 0.600. The van der Waals surface area contributed by atoms with E-state index in [0.29, 0.717) is 5.92 Å². The molecule has 0 radical (unpaired) electrons. The molecule has 0 spiro atoms. The van der Waals surface area contributed by atoms with E-state index in [4.69, 9.17) is 4.42 Å². The molecule has 0 amide bonds. The van der Waals surface area contributed by atoms with Crippen molar-refractivity contribution in [2.45, 2.75) is 32.1 Å². The standard InChI is InChI=1S/C10H14O/c1-8-4-2-5-9(8)10-6-3-7-11-10/h3,6-9H,2,4-5H2,1H3. The van der Waals surface area contributed by atoms with Gasteiger partial charge in [-0.25, -0.2) is 0 Å². The van der Waals surface area contributed by atoms with Crippen molar-refractivity contribution in [1.29, 1.82) is 0 Å². The van der Waals surface area contributed by atoms with E-state index in [9.17, 15) is 0 Å². The van der Waals surface area contributed by atoms with Gasteiger partial charge in [0.2, 0.25) is 0 Å². The van der Waals surface area contributed by atoms with Crippen LogP contribution in [0, 0.1) is 5.92 Å². The van der Waals surface area contributed by atoms with Gasteiger partial charge in [-0.2, -0.15) is 0 Å². The van der Waals surface area contributed by atoms with Gasteiger partial charge in [-0.1, -0.05) is 13.3 Å². The van der Waals surface area contributed by atoms with E-state index in [0.717, 1.165) is 5.92 Å². The van der Waals surface area contributed by atoms with Crippen molar-refractivity contribution in [2.75, 3.05) is 0 Å². The predicted octanol–water partition coefficient (Wildman–Crippen LogP) is 3.18. The van der Waals surface area contributed by atoms with Crippen LogP contribution in [0.1, 0.15) is 37.9 Å². The van der Waals surface area contributed by atoms with E-state index in [1.807, 2.05) is 6.07 Å². The van der Waals surface area contributed by atoms with Gasteiger partial charge in [-0.3, -0.25) is 0 Å². The summed E-state index contributed by atoms with van der Waals surface area (Å²) in [7, 11) is 0. The Morgan fingerprint density at radius 3 is 2.91 bits per heavy atom. The fourth-order valence-corrected chi connectivity index (χ4v) is 2.07. The van der Waals surface area contributed by atoms with Crippen LogP contribution in [0.3, 0.4) is 0 Å². The maximum absolute atomic E-state index is 5.39.